The predicted octanol–water partition coefficient (Wildman–Crippen LogP) is 5.35. The highest BCUT2D eigenvalue weighted by molar-refractivity contribution is 8.00. The number of methoxy groups -OCH3 is 3. The normalized spacial score (nSPS) is 10.3. The summed E-state index contributed by atoms with van der Waals surface area (Å²) in [5, 5.41) is 6.02. The summed E-state index contributed by atoms with van der Waals surface area (Å²) in [5.74, 6) is 1.03. The van der Waals surface area contributed by atoms with Gasteiger partial charge in [0.05, 0.1) is 43.4 Å². The highest BCUT2D eigenvalue weighted by Gasteiger charge is 2.17. The minimum atomic E-state index is -0.353. The number of amides is 2. The van der Waals surface area contributed by atoms with E-state index in [-0.39, 0.29) is 17.6 Å². The van der Waals surface area contributed by atoms with Gasteiger partial charge in [-0.3, -0.25) is 9.59 Å². The maximum atomic E-state index is 13.0. The van der Waals surface area contributed by atoms with Gasteiger partial charge < -0.3 is 24.8 Å². The molecule has 0 aliphatic rings. The molecule has 0 bridgehead atoms. The summed E-state index contributed by atoms with van der Waals surface area (Å²) in [4.78, 5) is 26.1. The Kier molecular flexibility index (Phi) is 8.46. The maximum Gasteiger partial charge on any atom is 0.256 e. The predicted molar refractivity (Wildman–Crippen MR) is 131 cm³/mol. The number of rotatable bonds is 9. The Morgan fingerprint density at radius 1 is 0.879 bits per heavy atom. The van der Waals surface area contributed by atoms with Crippen molar-refractivity contribution < 1.29 is 23.8 Å². The van der Waals surface area contributed by atoms with Crippen LogP contribution in [0.4, 0.5) is 11.4 Å². The van der Waals surface area contributed by atoms with Crippen molar-refractivity contribution in [2.24, 2.45) is 0 Å². The fourth-order valence-corrected chi connectivity index (χ4v) is 4.05. The Hall–Kier alpha value is -3.36. The Labute approximate surface area is 201 Å². The van der Waals surface area contributed by atoms with Crippen LogP contribution in [0.5, 0.6) is 17.2 Å². The summed E-state index contributed by atoms with van der Waals surface area (Å²) in [7, 11) is 4.54. The molecular weight excluding hydrogens is 464 g/mol. The van der Waals surface area contributed by atoms with Crippen LogP contribution in [0.15, 0.2) is 65.6 Å². The molecule has 2 amide bonds. The maximum absolute atomic E-state index is 13.0. The molecule has 3 aromatic carbocycles. The lowest BCUT2D eigenvalue weighted by molar-refractivity contribution is -0.113. The van der Waals surface area contributed by atoms with Crippen LogP contribution in [0.3, 0.4) is 0 Å². The Morgan fingerprint density at radius 3 is 2.36 bits per heavy atom. The van der Waals surface area contributed by atoms with Gasteiger partial charge in [0.1, 0.15) is 17.2 Å². The van der Waals surface area contributed by atoms with Gasteiger partial charge in [0.25, 0.3) is 5.91 Å². The molecule has 3 aromatic rings. The smallest absolute Gasteiger partial charge is 0.256 e. The van der Waals surface area contributed by atoms with Crippen molar-refractivity contribution in [3.8, 4) is 17.2 Å². The third-order valence-corrected chi connectivity index (χ3v) is 5.93. The molecule has 0 aromatic heterocycles. The number of hydrogen-bond donors (Lipinski definition) is 2. The number of carbonyl (C=O) groups is 2. The van der Waals surface area contributed by atoms with E-state index < -0.39 is 0 Å². The van der Waals surface area contributed by atoms with Crippen molar-refractivity contribution in [3.05, 3.63) is 71.2 Å². The van der Waals surface area contributed by atoms with Crippen LogP contribution in [-0.2, 0) is 4.79 Å². The molecule has 7 nitrogen and oxygen atoms in total. The lowest BCUT2D eigenvalue weighted by Crippen LogP contribution is -2.16. The van der Waals surface area contributed by atoms with Gasteiger partial charge in [-0.25, -0.2) is 0 Å². The molecule has 0 saturated heterocycles. The van der Waals surface area contributed by atoms with Gasteiger partial charge in [0.2, 0.25) is 5.91 Å². The van der Waals surface area contributed by atoms with E-state index in [1.54, 1.807) is 61.7 Å². The van der Waals surface area contributed by atoms with E-state index in [1.165, 1.54) is 26.0 Å². The molecule has 3 rings (SSSR count). The summed E-state index contributed by atoms with van der Waals surface area (Å²) in [6.07, 6.45) is 0. The van der Waals surface area contributed by atoms with Crippen molar-refractivity contribution in [3.63, 3.8) is 0 Å². The molecule has 2 N–H and O–H groups in total. The van der Waals surface area contributed by atoms with Crippen molar-refractivity contribution in [2.45, 2.75) is 4.90 Å². The number of ether oxygens (including phenoxy) is 3. The average Bonchev–Trinajstić information content (AvgIpc) is 2.83. The molecule has 9 heteroatoms. The van der Waals surface area contributed by atoms with Gasteiger partial charge in [0, 0.05) is 28.8 Å². The van der Waals surface area contributed by atoms with E-state index in [2.05, 4.69) is 10.6 Å². The van der Waals surface area contributed by atoms with Crippen molar-refractivity contribution in [2.75, 3.05) is 37.7 Å². The molecule has 172 valence electrons. The van der Waals surface area contributed by atoms with E-state index in [0.717, 1.165) is 0 Å². The van der Waals surface area contributed by atoms with Gasteiger partial charge >= 0.3 is 0 Å². The number of anilines is 2. The summed E-state index contributed by atoms with van der Waals surface area (Å²) in [5.41, 5.74) is 1.47. The lowest BCUT2D eigenvalue weighted by Gasteiger charge is -2.14. The molecule has 0 heterocycles. The van der Waals surface area contributed by atoms with Crippen molar-refractivity contribution in [1.82, 2.24) is 0 Å². The van der Waals surface area contributed by atoms with Crippen molar-refractivity contribution in [1.29, 1.82) is 0 Å². The molecule has 0 aliphatic heterocycles. The standard InChI is InChI=1S/C24H23ClN2O5S/c1-30-16-8-6-7-15(11-16)26-23(28)14-33-22-10-5-4-9-17(22)24(29)27-19-13-20(31-2)18(25)12-21(19)32-3/h4-13H,14H2,1-3H3,(H,26,28)(H,27,29). The van der Waals surface area contributed by atoms with E-state index in [1.807, 2.05) is 6.07 Å². The minimum absolute atomic E-state index is 0.125. The zero-order valence-corrected chi connectivity index (χ0v) is 19.9. The van der Waals surface area contributed by atoms with Crippen LogP contribution in [0.2, 0.25) is 5.02 Å². The monoisotopic (exact) mass is 486 g/mol. The van der Waals surface area contributed by atoms with Crippen LogP contribution in [0.25, 0.3) is 0 Å². The van der Waals surface area contributed by atoms with Crippen LogP contribution >= 0.6 is 23.4 Å². The summed E-state index contributed by atoms with van der Waals surface area (Å²) in [6.45, 7) is 0. The topological polar surface area (TPSA) is 85.9 Å². The quantitative estimate of drug-likeness (QED) is 0.396. The first-order valence-corrected chi connectivity index (χ1v) is 11.2. The first-order valence-electron chi connectivity index (χ1n) is 9.83. The molecule has 33 heavy (non-hydrogen) atoms. The first kappa shape index (κ1) is 24.3. The Bertz CT molecular complexity index is 1160. The second kappa shape index (κ2) is 11.5. The SMILES string of the molecule is COc1cccc(NC(=O)CSc2ccccc2C(=O)Nc2cc(OC)c(Cl)cc2OC)c1. The zero-order chi connectivity index (χ0) is 23.8. The highest BCUT2D eigenvalue weighted by atomic mass is 35.5. The van der Waals surface area contributed by atoms with E-state index >= 15 is 0 Å². The zero-order valence-electron chi connectivity index (χ0n) is 18.3. The third-order valence-electron chi connectivity index (χ3n) is 4.57. The summed E-state index contributed by atoms with van der Waals surface area (Å²) in [6, 6.07) is 17.3. The molecule has 0 fully saturated rings. The molecule has 0 spiro atoms. The second-order valence-corrected chi connectivity index (χ2v) is 8.13. The Morgan fingerprint density at radius 2 is 1.64 bits per heavy atom. The van der Waals surface area contributed by atoms with Gasteiger partial charge in [-0.2, -0.15) is 0 Å². The first-order chi connectivity index (χ1) is 15.9. The summed E-state index contributed by atoms with van der Waals surface area (Å²) < 4.78 is 15.7. The van der Waals surface area contributed by atoms with Crippen LogP contribution in [0.1, 0.15) is 10.4 Å². The highest BCUT2D eigenvalue weighted by Crippen LogP contribution is 2.36. The number of halogens is 1. The fraction of sp³-hybridized carbons (Fsp3) is 0.167. The number of carbonyl (C=O) groups excluding carboxylic acids is 2. The molecule has 0 unspecified atom stereocenters. The van der Waals surface area contributed by atoms with Crippen molar-refractivity contribution >= 4 is 46.6 Å². The van der Waals surface area contributed by atoms with Gasteiger partial charge in [-0.05, 0) is 24.3 Å². The van der Waals surface area contributed by atoms with E-state index in [0.29, 0.717) is 44.1 Å². The number of benzene rings is 3. The lowest BCUT2D eigenvalue weighted by atomic mass is 10.2. The molecule has 0 radical (unpaired) electrons. The molecule has 0 saturated carbocycles. The number of nitrogens with one attached hydrogen (secondary N) is 2. The largest absolute Gasteiger partial charge is 0.497 e. The van der Waals surface area contributed by atoms with E-state index in [4.69, 9.17) is 25.8 Å². The summed E-state index contributed by atoms with van der Waals surface area (Å²) >= 11 is 7.40. The number of hydrogen-bond acceptors (Lipinski definition) is 6. The van der Waals surface area contributed by atoms with Crippen LogP contribution in [-0.4, -0.2) is 38.9 Å². The Balaban J connectivity index is 1.71. The van der Waals surface area contributed by atoms with Gasteiger partial charge in [0.15, 0.2) is 0 Å². The molecular formula is C24H23ClN2O5S. The third kappa shape index (κ3) is 6.34. The fourth-order valence-electron chi connectivity index (χ4n) is 2.97. The van der Waals surface area contributed by atoms with E-state index in [9.17, 15) is 9.59 Å². The molecule has 0 atom stereocenters. The van der Waals surface area contributed by atoms with Gasteiger partial charge in [-0.1, -0.05) is 29.8 Å². The average molecular weight is 487 g/mol. The minimum Gasteiger partial charge on any atom is -0.497 e. The van der Waals surface area contributed by atoms with Crippen LogP contribution < -0.4 is 24.8 Å². The van der Waals surface area contributed by atoms with Gasteiger partial charge in [-0.15, -0.1) is 11.8 Å². The number of thioether (sulfide) groups is 1. The van der Waals surface area contributed by atoms with Crippen LogP contribution in [0, 0.1) is 0 Å². The second-order valence-electron chi connectivity index (χ2n) is 6.71. The molecule has 0 aliphatic carbocycles.